The minimum absolute atomic E-state index is 0.192. The van der Waals surface area contributed by atoms with Crippen LogP contribution >= 0.6 is 11.8 Å². The molecular weight excluding hydrogens is 184 g/mol. The number of thioether (sulfide) groups is 1. The van der Waals surface area contributed by atoms with Gasteiger partial charge in [0.25, 0.3) is 0 Å². The smallest absolute Gasteiger partial charge is 0.0942 e. The molecule has 13 heavy (non-hydrogen) atoms. The second kappa shape index (κ2) is 4.86. The third kappa shape index (κ3) is 3.19. The Hall–Kier alpha value is -0.220. The maximum atomic E-state index is 7.26. The van der Waals surface area contributed by atoms with E-state index in [4.69, 9.17) is 15.9 Å². The lowest BCUT2D eigenvalue weighted by atomic mass is 10.2. The minimum atomic E-state index is 0.192. The van der Waals surface area contributed by atoms with Crippen molar-refractivity contribution in [3.63, 3.8) is 0 Å². The molecule has 3 unspecified atom stereocenters. The molecule has 3 nitrogen and oxygen atoms in total. The van der Waals surface area contributed by atoms with E-state index in [9.17, 15) is 0 Å². The van der Waals surface area contributed by atoms with Crippen molar-refractivity contribution in [2.24, 2.45) is 11.7 Å². The first-order chi connectivity index (χ1) is 6.11. The summed E-state index contributed by atoms with van der Waals surface area (Å²) in [6.45, 7) is 4.99. The van der Waals surface area contributed by atoms with Crippen molar-refractivity contribution in [3.05, 3.63) is 0 Å². The van der Waals surface area contributed by atoms with Crippen molar-refractivity contribution in [1.82, 2.24) is 0 Å². The molecule has 0 aromatic heterocycles. The van der Waals surface area contributed by atoms with Crippen molar-refractivity contribution in [3.8, 4) is 0 Å². The molecule has 0 aromatic rings. The summed E-state index contributed by atoms with van der Waals surface area (Å²) in [6.07, 6.45) is 1.50. The standard InChI is InChI=1S/C9H18N2OS/c1-6(9(10)11)5-13-8-3-4-12-7(8)2/h6-8H,3-5H2,1-2H3,(H3,10,11). The third-order valence-electron chi connectivity index (χ3n) is 2.40. The lowest BCUT2D eigenvalue weighted by Gasteiger charge is -2.15. The maximum Gasteiger partial charge on any atom is 0.0942 e. The summed E-state index contributed by atoms with van der Waals surface area (Å²) in [4.78, 5) is 0. The van der Waals surface area contributed by atoms with E-state index >= 15 is 0 Å². The molecule has 0 aromatic carbocycles. The van der Waals surface area contributed by atoms with E-state index in [-0.39, 0.29) is 5.92 Å². The van der Waals surface area contributed by atoms with Crippen molar-refractivity contribution in [2.75, 3.05) is 12.4 Å². The van der Waals surface area contributed by atoms with Gasteiger partial charge in [0.15, 0.2) is 0 Å². The van der Waals surface area contributed by atoms with Gasteiger partial charge < -0.3 is 10.5 Å². The van der Waals surface area contributed by atoms with E-state index in [1.165, 1.54) is 0 Å². The molecule has 0 radical (unpaired) electrons. The van der Waals surface area contributed by atoms with Gasteiger partial charge in [-0.2, -0.15) is 11.8 Å². The molecule has 4 heteroatoms. The highest BCUT2D eigenvalue weighted by atomic mass is 32.2. The summed E-state index contributed by atoms with van der Waals surface area (Å²) in [5.41, 5.74) is 5.39. The van der Waals surface area contributed by atoms with Gasteiger partial charge in [-0.15, -0.1) is 0 Å². The lowest BCUT2D eigenvalue weighted by Crippen LogP contribution is -2.23. The van der Waals surface area contributed by atoms with Crippen LogP contribution in [0, 0.1) is 11.3 Å². The molecule has 76 valence electrons. The van der Waals surface area contributed by atoms with Crippen molar-refractivity contribution in [2.45, 2.75) is 31.6 Å². The van der Waals surface area contributed by atoms with Gasteiger partial charge >= 0.3 is 0 Å². The van der Waals surface area contributed by atoms with Crippen LogP contribution in [0.25, 0.3) is 0 Å². The molecule has 1 aliphatic rings. The highest BCUT2D eigenvalue weighted by Gasteiger charge is 2.25. The van der Waals surface area contributed by atoms with Gasteiger partial charge in [-0.25, -0.2) is 0 Å². The first kappa shape index (κ1) is 10.9. The summed E-state index contributed by atoms with van der Waals surface area (Å²) in [7, 11) is 0. The predicted octanol–water partition coefficient (Wildman–Crippen LogP) is 1.47. The SMILES string of the molecule is CC(CSC1CCOC1C)C(=N)N. The van der Waals surface area contributed by atoms with Gasteiger partial charge in [-0.3, -0.25) is 5.41 Å². The number of nitrogens with two attached hydrogens (primary N) is 1. The fraction of sp³-hybridized carbons (Fsp3) is 0.889. The Morgan fingerprint density at radius 2 is 2.46 bits per heavy atom. The zero-order valence-electron chi connectivity index (χ0n) is 8.25. The summed E-state index contributed by atoms with van der Waals surface area (Å²) in [6, 6.07) is 0. The zero-order chi connectivity index (χ0) is 9.84. The molecule has 0 aliphatic carbocycles. The molecule has 0 saturated carbocycles. The lowest BCUT2D eigenvalue weighted by molar-refractivity contribution is 0.127. The Kier molecular flexibility index (Phi) is 4.06. The van der Waals surface area contributed by atoms with Gasteiger partial charge in [-0.05, 0) is 13.3 Å². The Morgan fingerprint density at radius 1 is 1.77 bits per heavy atom. The average Bonchev–Trinajstić information content (AvgIpc) is 2.47. The van der Waals surface area contributed by atoms with Crippen LogP contribution in [0.1, 0.15) is 20.3 Å². The average molecular weight is 202 g/mol. The molecule has 1 rings (SSSR count). The van der Waals surface area contributed by atoms with Crippen molar-refractivity contribution >= 4 is 17.6 Å². The Morgan fingerprint density at radius 3 is 2.92 bits per heavy atom. The predicted molar refractivity (Wildman–Crippen MR) is 57.4 cm³/mol. The Labute approximate surface area is 83.9 Å². The molecule has 1 fully saturated rings. The number of hydrogen-bond donors (Lipinski definition) is 2. The maximum absolute atomic E-state index is 7.26. The van der Waals surface area contributed by atoms with Crippen molar-refractivity contribution < 1.29 is 4.74 Å². The van der Waals surface area contributed by atoms with Crippen LogP contribution < -0.4 is 5.73 Å². The second-order valence-corrected chi connectivity index (χ2v) is 4.86. The molecular formula is C9H18N2OS. The van der Waals surface area contributed by atoms with Crippen molar-refractivity contribution in [1.29, 1.82) is 5.41 Å². The summed E-state index contributed by atoms with van der Waals surface area (Å²) in [5, 5.41) is 7.86. The Balaban J connectivity index is 2.22. The van der Waals surface area contributed by atoms with E-state index in [2.05, 4.69) is 6.92 Å². The molecule has 1 heterocycles. The monoisotopic (exact) mass is 202 g/mol. The molecule has 3 N–H and O–H groups in total. The van der Waals surface area contributed by atoms with Crippen LogP contribution in [0.4, 0.5) is 0 Å². The number of hydrogen-bond acceptors (Lipinski definition) is 3. The summed E-state index contributed by atoms with van der Waals surface area (Å²) < 4.78 is 5.45. The topological polar surface area (TPSA) is 59.1 Å². The van der Waals surface area contributed by atoms with E-state index < -0.39 is 0 Å². The van der Waals surface area contributed by atoms with E-state index in [0.717, 1.165) is 18.8 Å². The normalized spacial score (nSPS) is 30.3. The zero-order valence-corrected chi connectivity index (χ0v) is 9.06. The van der Waals surface area contributed by atoms with Gasteiger partial charge in [0, 0.05) is 23.5 Å². The summed E-state index contributed by atoms with van der Waals surface area (Å²) in [5.74, 6) is 1.42. The third-order valence-corrected chi connectivity index (χ3v) is 4.14. The first-order valence-corrected chi connectivity index (χ1v) is 5.73. The number of amidine groups is 1. The first-order valence-electron chi connectivity index (χ1n) is 4.68. The Bertz CT molecular complexity index is 186. The highest BCUT2D eigenvalue weighted by molar-refractivity contribution is 8.00. The molecule has 0 bridgehead atoms. The highest BCUT2D eigenvalue weighted by Crippen LogP contribution is 2.27. The molecule has 0 amide bonds. The summed E-state index contributed by atoms with van der Waals surface area (Å²) >= 11 is 1.88. The van der Waals surface area contributed by atoms with Crippen LogP contribution in [0.3, 0.4) is 0 Å². The molecule has 3 atom stereocenters. The number of rotatable bonds is 4. The van der Waals surface area contributed by atoms with Gasteiger partial charge in [0.2, 0.25) is 0 Å². The number of ether oxygens (including phenoxy) is 1. The van der Waals surface area contributed by atoms with Crippen LogP contribution in [0.15, 0.2) is 0 Å². The van der Waals surface area contributed by atoms with Crippen LogP contribution in [-0.4, -0.2) is 29.5 Å². The quantitative estimate of drug-likeness (QED) is 0.536. The number of nitrogens with one attached hydrogen (secondary N) is 1. The van der Waals surface area contributed by atoms with Gasteiger partial charge in [0.05, 0.1) is 11.9 Å². The van der Waals surface area contributed by atoms with E-state index in [0.29, 0.717) is 17.2 Å². The minimum Gasteiger partial charge on any atom is -0.387 e. The molecule has 1 saturated heterocycles. The van der Waals surface area contributed by atoms with E-state index in [1.807, 2.05) is 18.7 Å². The van der Waals surface area contributed by atoms with Gasteiger partial charge in [-0.1, -0.05) is 6.92 Å². The largest absolute Gasteiger partial charge is 0.387 e. The second-order valence-electron chi connectivity index (χ2n) is 3.59. The fourth-order valence-electron chi connectivity index (χ4n) is 1.29. The van der Waals surface area contributed by atoms with E-state index in [1.54, 1.807) is 0 Å². The van der Waals surface area contributed by atoms with Gasteiger partial charge in [0.1, 0.15) is 0 Å². The van der Waals surface area contributed by atoms with Crippen LogP contribution in [0.5, 0.6) is 0 Å². The van der Waals surface area contributed by atoms with Crippen LogP contribution in [0.2, 0.25) is 0 Å². The molecule has 0 spiro atoms. The molecule has 1 aliphatic heterocycles. The van der Waals surface area contributed by atoms with Crippen LogP contribution in [-0.2, 0) is 4.74 Å². The fourth-order valence-corrected chi connectivity index (χ4v) is 2.62.